The molecular weight excluding hydrogens is 314 g/mol. The van der Waals surface area contributed by atoms with Gasteiger partial charge in [-0.2, -0.15) is 0 Å². The van der Waals surface area contributed by atoms with Gasteiger partial charge in [0, 0.05) is 15.5 Å². The molecule has 0 aliphatic carbocycles. The first-order chi connectivity index (χ1) is 8.56. The van der Waals surface area contributed by atoms with Gasteiger partial charge < -0.3 is 10.5 Å². The van der Waals surface area contributed by atoms with Crippen molar-refractivity contribution in [3.05, 3.63) is 57.5 Å². The first-order valence-corrected chi connectivity index (χ1v) is 6.72. The summed E-state index contributed by atoms with van der Waals surface area (Å²) in [4.78, 5) is 0. The van der Waals surface area contributed by atoms with E-state index in [4.69, 9.17) is 22.1 Å². The van der Waals surface area contributed by atoms with E-state index in [1.165, 1.54) is 0 Å². The summed E-state index contributed by atoms with van der Waals surface area (Å²) in [5.41, 5.74) is 6.90. The van der Waals surface area contributed by atoms with Crippen LogP contribution in [-0.4, -0.2) is 0 Å². The van der Waals surface area contributed by atoms with Crippen LogP contribution >= 0.6 is 27.5 Å². The molecule has 18 heavy (non-hydrogen) atoms. The molecule has 0 bridgehead atoms. The lowest BCUT2D eigenvalue weighted by molar-refractivity contribution is 0.482. The van der Waals surface area contributed by atoms with Crippen molar-refractivity contribution in [3.8, 4) is 11.5 Å². The van der Waals surface area contributed by atoms with E-state index < -0.39 is 0 Å². The fourth-order valence-corrected chi connectivity index (χ4v) is 2.51. The molecule has 0 spiro atoms. The highest BCUT2D eigenvalue weighted by Crippen LogP contribution is 2.30. The van der Waals surface area contributed by atoms with E-state index in [-0.39, 0.29) is 6.04 Å². The molecule has 4 heteroatoms. The second-order valence-corrected chi connectivity index (χ2v) is 5.32. The average molecular weight is 327 g/mol. The Kier molecular flexibility index (Phi) is 4.27. The third-order valence-electron chi connectivity index (χ3n) is 2.49. The lowest BCUT2D eigenvalue weighted by atomic mass is 10.1. The van der Waals surface area contributed by atoms with Gasteiger partial charge in [0.05, 0.1) is 0 Å². The van der Waals surface area contributed by atoms with Gasteiger partial charge >= 0.3 is 0 Å². The Morgan fingerprint density at radius 2 is 1.89 bits per heavy atom. The van der Waals surface area contributed by atoms with Gasteiger partial charge in [0.25, 0.3) is 0 Å². The van der Waals surface area contributed by atoms with E-state index in [9.17, 15) is 0 Å². The Morgan fingerprint density at radius 1 is 1.17 bits per heavy atom. The number of nitrogens with two attached hydrogens (primary N) is 1. The van der Waals surface area contributed by atoms with Gasteiger partial charge in [-0.25, -0.2) is 0 Å². The van der Waals surface area contributed by atoms with Crippen LogP contribution < -0.4 is 10.5 Å². The van der Waals surface area contributed by atoms with Crippen LogP contribution in [0.4, 0.5) is 0 Å². The van der Waals surface area contributed by atoms with E-state index in [2.05, 4.69) is 15.9 Å². The highest BCUT2D eigenvalue weighted by Gasteiger charge is 2.06. The van der Waals surface area contributed by atoms with E-state index in [1.54, 1.807) is 6.07 Å². The summed E-state index contributed by atoms with van der Waals surface area (Å²) < 4.78 is 6.66. The predicted molar refractivity (Wildman–Crippen MR) is 78.3 cm³/mol. The monoisotopic (exact) mass is 325 g/mol. The quantitative estimate of drug-likeness (QED) is 0.869. The first kappa shape index (κ1) is 13.4. The summed E-state index contributed by atoms with van der Waals surface area (Å²) in [6.45, 7) is 1.94. The zero-order valence-electron chi connectivity index (χ0n) is 9.86. The zero-order valence-corrected chi connectivity index (χ0v) is 12.2. The summed E-state index contributed by atoms with van der Waals surface area (Å²) >= 11 is 9.39. The Hall–Kier alpha value is -1.03. The molecule has 94 valence electrons. The van der Waals surface area contributed by atoms with Crippen molar-refractivity contribution in [1.29, 1.82) is 0 Å². The molecule has 0 aromatic heterocycles. The summed E-state index contributed by atoms with van der Waals surface area (Å²) in [5.74, 6) is 1.46. The van der Waals surface area contributed by atoms with Crippen LogP contribution in [0.5, 0.6) is 11.5 Å². The highest BCUT2D eigenvalue weighted by molar-refractivity contribution is 9.10. The summed E-state index contributed by atoms with van der Waals surface area (Å²) in [5, 5.41) is 0.652. The van der Waals surface area contributed by atoms with Crippen LogP contribution in [0.2, 0.25) is 5.02 Å². The number of ether oxygens (including phenoxy) is 1. The number of hydrogen-bond donors (Lipinski definition) is 1. The molecule has 2 nitrogen and oxygen atoms in total. The fourth-order valence-electron chi connectivity index (χ4n) is 1.61. The predicted octanol–water partition coefficient (Wildman–Crippen LogP) is 4.91. The third kappa shape index (κ3) is 3.25. The van der Waals surface area contributed by atoms with Gasteiger partial charge in [-0.3, -0.25) is 0 Å². The molecule has 0 saturated carbocycles. The summed E-state index contributed by atoms with van der Waals surface area (Å²) in [6, 6.07) is 13.0. The van der Waals surface area contributed by atoms with Gasteiger partial charge in [-0.05, 0) is 42.8 Å². The Morgan fingerprint density at radius 3 is 2.50 bits per heavy atom. The number of benzene rings is 2. The van der Waals surface area contributed by atoms with E-state index in [1.807, 2.05) is 43.3 Å². The first-order valence-electron chi connectivity index (χ1n) is 5.54. The van der Waals surface area contributed by atoms with Crippen LogP contribution in [0, 0.1) is 0 Å². The average Bonchev–Trinajstić information content (AvgIpc) is 2.28. The van der Waals surface area contributed by atoms with Crippen molar-refractivity contribution in [2.45, 2.75) is 13.0 Å². The molecule has 2 aromatic carbocycles. The fraction of sp³-hybridized carbons (Fsp3) is 0.143. The number of rotatable bonds is 3. The minimum atomic E-state index is -0.0143. The largest absolute Gasteiger partial charge is 0.457 e. The topological polar surface area (TPSA) is 35.2 Å². The second kappa shape index (κ2) is 5.74. The zero-order chi connectivity index (χ0) is 13.1. The Labute approximate surface area is 120 Å². The van der Waals surface area contributed by atoms with E-state index in [0.717, 1.165) is 15.8 Å². The second-order valence-electron chi connectivity index (χ2n) is 4.03. The molecule has 0 radical (unpaired) electrons. The molecule has 1 unspecified atom stereocenters. The SMILES string of the molecule is CC(N)c1ccc(Oc2cccc(Cl)c2)cc1Br. The van der Waals surface area contributed by atoms with Gasteiger partial charge in [0.1, 0.15) is 11.5 Å². The molecule has 0 aliphatic rings. The maximum absolute atomic E-state index is 5.90. The molecule has 0 fully saturated rings. The Bertz CT molecular complexity index is 557. The molecule has 0 amide bonds. The smallest absolute Gasteiger partial charge is 0.128 e. The lowest BCUT2D eigenvalue weighted by Crippen LogP contribution is -2.05. The third-order valence-corrected chi connectivity index (χ3v) is 3.42. The van der Waals surface area contributed by atoms with Crippen molar-refractivity contribution in [1.82, 2.24) is 0 Å². The van der Waals surface area contributed by atoms with Crippen molar-refractivity contribution in [2.75, 3.05) is 0 Å². The number of halogens is 2. The van der Waals surface area contributed by atoms with Crippen LogP contribution in [0.1, 0.15) is 18.5 Å². The van der Waals surface area contributed by atoms with Crippen LogP contribution in [0.3, 0.4) is 0 Å². The molecule has 2 rings (SSSR count). The minimum Gasteiger partial charge on any atom is -0.457 e. The minimum absolute atomic E-state index is 0.0143. The summed E-state index contributed by atoms with van der Waals surface area (Å²) in [6.07, 6.45) is 0. The molecule has 0 heterocycles. The van der Waals surface area contributed by atoms with Gasteiger partial charge in [0.2, 0.25) is 0 Å². The van der Waals surface area contributed by atoms with Gasteiger partial charge in [0.15, 0.2) is 0 Å². The van der Waals surface area contributed by atoms with Crippen LogP contribution in [0.25, 0.3) is 0 Å². The molecule has 2 aromatic rings. The molecule has 0 saturated heterocycles. The van der Waals surface area contributed by atoms with Gasteiger partial charge in [-0.15, -0.1) is 0 Å². The maximum Gasteiger partial charge on any atom is 0.128 e. The molecule has 0 aliphatic heterocycles. The number of hydrogen-bond acceptors (Lipinski definition) is 2. The van der Waals surface area contributed by atoms with Crippen molar-refractivity contribution in [2.24, 2.45) is 5.73 Å². The van der Waals surface area contributed by atoms with Crippen molar-refractivity contribution in [3.63, 3.8) is 0 Å². The van der Waals surface area contributed by atoms with E-state index >= 15 is 0 Å². The lowest BCUT2D eigenvalue weighted by Gasteiger charge is -2.11. The Balaban J connectivity index is 2.23. The van der Waals surface area contributed by atoms with Crippen LogP contribution in [-0.2, 0) is 0 Å². The maximum atomic E-state index is 5.90. The van der Waals surface area contributed by atoms with Crippen molar-refractivity contribution < 1.29 is 4.74 Å². The van der Waals surface area contributed by atoms with E-state index in [0.29, 0.717) is 10.8 Å². The normalized spacial score (nSPS) is 12.2. The molecule has 2 N–H and O–H groups in total. The van der Waals surface area contributed by atoms with Gasteiger partial charge in [-0.1, -0.05) is 39.7 Å². The highest BCUT2D eigenvalue weighted by atomic mass is 79.9. The molecule has 1 atom stereocenters. The van der Waals surface area contributed by atoms with Crippen LogP contribution in [0.15, 0.2) is 46.9 Å². The molecular formula is C14H13BrClNO. The summed E-state index contributed by atoms with van der Waals surface area (Å²) in [7, 11) is 0. The standard InChI is InChI=1S/C14H13BrClNO/c1-9(17)13-6-5-12(8-14(13)15)18-11-4-2-3-10(16)7-11/h2-9H,17H2,1H3. The van der Waals surface area contributed by atoms with Crippen molar-refractivity contribution >= 4 is 27.5 Å².